The van der Waals surface area contributed by atoms with Crippen LogP contribution < -0.4 is 10.1 Å². The van der Waals surface area contributed by atoms with Gasteiger partial charge in [-0.25, -0.2) is 4.79 Å². The summed E-state index contributed by atoms with van der Waals surface area (Å²) in [5.74, 6) is 0.618. The Bertz CT molecular complexity index is 1650. The van der Waals surface area contributed by atoms with E-state index in [4.69, 9.17) is 14.0 Å². The van der Waals surface area contributed by atoms with Crippen LogP contribution in [0.15, 0.2) is 94.1 Å². The maximum atomic E-state index is 14.2. The normalized spacial score (nSPS) is 21.1. The van der Waals surface area contributed by atoms with E-state index < -0.39 is 11.4 Å². The standard InChI is InChI=1S/C31H29N3O5/c1-18-28(30(36)38-17-20-11-14-33-39-20)31(2,23-8-6-9-24-22(23)12-13-32-24)29-25(34-18)15-19(16-26(29)35)21-7-4-5-10-27(21)37-3/h4-14,19,32,34H,15-17H2,1-3H3/t19-,31?/m1/s1. The van der Waals surface area contributed by atoms with Crippen molar-refractivity contribution in [2.45, 2.75) is 44.6 Å². The minimum absolute atomic E-state index is 0.0114. The van der Waals surface area contributed by atoms with Crippen LogP contribution in [0.1, 0.15) is 49.5 Å². The molecule has 0 saturated carbocycles. The van der Waals surface area contributed by atoms with Crippen LogP contribution in [0, 0.1) is 0 Å². The summed E-state index contributed by atoms with van der Waals surface area (Å²) >= 11 is 0. The number of aromatic nitrogens is 2. The Hall–Kier alpha value is -4.59. The van der Waals surface area contributed by atoms with E-state index in [1.54, 1.807) is 13.2 Å². The molecule has 2 aliphatic rings. The third kappa shape index (κ3) is 4.03. The number of hydrogen-bond donors (Lipinski definition) is 2. The number of hydrogen-bond acceptors (Lipinski definition) is 7. The fraction of sp³-hybridized carbons (Fsp3) is 0.258. The summed E-state index contributed by atoms with van der Waals surface area (Å²) in [5.41, 5.74) is 4.21. The number of nitrogens with one attached hydrogen (secondary N) is 2. The van der Waals surface area contributed by atoms with Gasteiger partial charge in [-0.05, 0) is 49.6 Å². The van der Waals surface area contributed by atoms with Gasteiger partial charge < -0.3 is 24.3 Å². The first-order chi connectivity index (χ1) is 18.9. The van der Waals surface area contributed by atoms with Crippen molar-refractivity contribution in [3.8, 4) is 5.75 Å². The summed E-state index contributed by atoms with van der Waals surface area (Å²) in [4.78, 5) is 31.2. The Balaban J connectivity index is 1.48. The van der Waals surface area contributed by atoms with E-state index in [-0.39, 0.29) is 18.3 Å². The van der Waals surface area contributed by atoms with Crippen LogP contribution in [-0.4, -0.2) is 29.0 Å². The second-order valence-electron chi connectivity index (χ2n) is 10.2. The van der Waals surface area contributed by atoms with Gasteiger partial charge >= 0.3 is 5.97 Å². The summed E-state index contributed by atoms with van der Waals surface area (Å²) in [6.45, 7) is 3.76. The topological polar surface area (TPSA) is 106 Å². The molecule has 2 N–H and O–H groups in total. The largest absolute Gasteiger partial charge is 0.496 e. The number of para-hydroxylation sites is 1. The van der Waals surface area contributed by atoms with Gasteiger partial charge in [0.05, 0.1) is 24.3 Å². The number of methoxy groups -OCH3 is 1. The maximum Gasteiger partial charge on any atom is 0.337 e. The van der Waals surface area contributed by atoms with Crippen LogP contribution in [-0.2, 0) is 26.3 Å². The highest BCUT2D eigenvalue weighted by Gasteiger charge is 2.50. The molecular weight excluding hydrogens is 494 g/mol. The molecule has 39 heavy (non-hydrogen) atoms. The number of rotatable bonds is 6. The molecule has 0 bridgehead atoms. The number of H-pyrrole nitrogens is 1. The highest BCUT2D eigenvalue weighted by atomic mass is 16.5. The highest BCUT2D eigenvalue weighted by molar-refractivity contribution is 6.07. The number of Topliss-reactive ketones (excluding diaryl/α,β-unsaturated/α-hetero) is 1. The van der Waals surface area contributed by atoms with Crippen LogP contribution in [0.25, 0.3) is 10.9 Å². The van der Waals surface area contributed by atoms with Crippen molar-refractivity contribution < 1.29 is 23.6 Å². The van der Waals surface area contributed by atoms with Crippen LogP contribution in [0.3, 0.4) is 0 Å². The molecule has 2 aromatic heterocycles. The number of benzene rings is 2. The molecule has 2 atom stereocenters. The van der Waals surface area contributed by atoms with Crippen molar-refractivity contribution in [3.63, 3.8) is 0 Å². The van der Waals surface area contributed by atoms with E-state index in [0.29, 0.717) is 35.4 Å². The molecule has 198 valence electrons. The molecule has 1 aliphatic heterocycles. The van der Waals surface area contributed by atoms with E-state index in [9.17, 15) is 9.59 Å². The Kier molecular flexibility index (Phi) is 6.10. The number of nitrogens with zero attached hydrogens (tertiary/aromatic N) is 1. The van der Waals surface area contributed by atoms with Crippen molar-refractivity contribution >= 4 is 22.7 Å². The van der Waals surface area contributed by atoms with Crippen molar-refractivity contribution in [1.82, 2.24) is 15.5 Å². The minimum Gasteiger partial charge on any atom is -0.496 e. The molecule has 1 unspecified atom stereocenters. The Morgan fingerprint density at radius 2 is 1.97 bits per heavy atom. The third-order valence-electron chi connectivity index (χ3n) is 7.93. The monoisotopic (exact) mass is 523 g/mol. The number of esters is 1. The molecule has 3 heterocycles. The van der Waals surface area contributed by atoms with Crippen molar-refractivity contribution in [1.29, 1.82) is 0 Å². The van der Waals surface area contributed by atoms with Crippen LogP contribution in [0.4, 0.5) is 0 Å². The van der Waals surface area contributed by atoms with Gasteiger partial charge in [-0.3, -0.25) is 4.79 Å². The lowest BCUT2D eigenvalue weighted by atomic mass is 9.62. The van der Waals surface area contributed by atoms with Gasteiger partial charge in [0, 0.05) is 52.5 Å². The number of aromatic amines is 1. The smallest absolute Gasteiger partial charge is 0.337 e. The molecular formula is C31H29N3O5. The van der Waals surface area contributed by atoms with Crippen LogP contribution in [0.5, 0.6) is 5.75 Å². The lowest BCUT2D eigenvalue weighted by molar-refractivity contribution is -0.141. The fourth-order valence-electron chi connectivity index (χ4n) is 6.29. The number of ketones is 1. The number of carbonyl (C=O) groups excluding carboxylic acids is 2. The van der Waals surface area contributed by atoms with E-state index in [2.05, 4.69) is 15.5 Å². The SMILES string of the molecule is COc1ccccc1[C@H]1CC(=O)C2=C(C1)NC(C)=C(C(=O)OCc1ccno1)C2(C)c1cccc2[nH]ccc12. The Labute approximate surface area is 225 Å². The average molecular weight is 524 g/mol. The predicted octanol–water partition coefficient (Wildman–Crippen LogP) is 5.44. The molecule has 2 aromatic carbocycles. The van der Waals surface area contributed by atoms with E-state index in [1.165, 1.54) is 6.20 Å². The first-order valence-electron chi connectivity index (χ1n) is 12.9. The molecule has 0 amide bonds. The van der Waals surface area contributed by atoms with Gasteiger partial charge in [-0.2, -0.15) is 0 Å². The zero-order valence-corrected chi connectivity index (χ0v) is 22.0. The summed E-state index contributed by atoms with van der Waals surface area (Å²) in [5, 5.41) is 8.06. The zero-order valence-electron chi connectivity index (χ0n) is 22.0. The molecule has 4 aromatic rings. The molecule has 8 heteroatoms. The maximum absolute atomic E-state index is 14.2. The number of fused-ring (bicyclic) bond motifs is 1. The zero-order chi connectivity index (χ0) is 27.1. The number of ether oxygens (including phenoxy) is 2. The first-order valence-corrected chi connectivity index (χ1v) is 12.9. The van der Waals surface area contributed by atoms with Crippen molar-refractivity contribution in [3.05, 3.63) is 106 Å². The second-order valence-corrected chi connectivity index (χ2v) is 10.2. The van der Waals surface area contributed by atoms with Crippen LogP contribution >= 0.6 is 0 Å². The van der Waals surface area contributed by atoms with Gasteiger partial charge in [0.2, 0.25) is 0 Å². The van der Waals surface area contributed by atoms with E-state index >= 15 is 0 Å². The summed E-state index contributed by atoms with van der Waals surface area (Å²) in [7, 11) is 1.64. The van der Waals surface area contributed by atoms with E-state index in [1.807, 2.05) is 68.6 Å². The molecule has 0 fully saturated rings. The third-order valence-corrected chi connectivity index (χ3v) is 7.93. The van der Waals surface area contributed by atoms with Crippen molar-refractivity contribution in [2.75, 3.05) is 7.11 Å². The Morgan fingerprint density at radius 3 is 2.77 bits per heavy atom. The average Bonchev–Trinajstić information content (AvgIpc) is 3.63. The van der Waals surface area contributed by atoms with Gasteiger partial charge in [-0.1, -0.05) is 35.5 Å². The molecule has 0 spiro atoms. The predicted molar refractivity (Wildman–Crippen MR) is 145 cm³/mol. The van der Waals surface area contributed by atoms with Gasteiger partial charge in [0.25, 0.3) is 0 Å². The fourth-order valence-corrected chi connectivity index (χ4v) is 6.29. The molecule has 0 saturated heterocycles. The highest BCUT2D eigenvalue weighted by Crippen LogP contribution is 2.51. The summed E-state index contributed by atoms with van der Waals surface area (Å²) in [6.07, 6.45) is 4.28. The summed E-state index contributed by atoms with van der Waals surface area (Å²) in [6, 6.07) is 17.4. The Morgan fingerprint density at radius 1 is 1.13 bits per heavy atom. The van der Waals surface area contributed by atoms with Gasteiger partial charge in [-0.15, -0.1) is 0 Å². The van der Waals surface area contributed by atoms with Gasteiger partial charge in [0.15, 0.2) is 18.2 Å². The summed E-state index contributed by atoms with van der Waals surface area (Å²) < 4.78 is 16.4. The molecule has 8 nitrogen and oxygen atoms in total. The molecule has 0 radical (unpaired) electrons. The molecule has 6 rings (SSSR count). The van der Waals surface area contributed by atoms with Gasteiger partial charge in [0.1, 0.15) is 5.75 Å². The lowest BCUT2D eigenvalue weighted by Gasteiger charge is -2.43. The number of carbonyl (C=O) groups is 2. The van der Waals surface area contributed by atoms with Crippen LogP contribution in [0.2, 0.25) is 0 Å². The molecule has 1 aliphatic carbocycles. The quantitative estimate of drug-likeness (QED) is 0.324. The first kappa shape index (κ1) is 24.7. The van der Waals surface area contributed by atoms with E-state index in [0.717, 1.165) is 33.5 Å². The minimum atomic E-state index is -1.05. The van der Waals surface area contributed by atoms with Crippen molar-refractivity contribution in [2.24, 2.45) is 0 Å². The second kappa shape index (κ2) is 9.62. The number of allylic oxidation sites excluding steroid dienone is 3. The lowest BCUT2D eigenvalue weighted by Crippen LogP contribution is -2.45. The number of dihydropyridines is 1.